The molecule has 0 aromatic heterocycles. The van der Waals surface area contributed by atoms with E-state index in [0.29, 0.717) is 11.6 Å². The van der Waals surface area contributed by atoms with Crippen LogP contribution in [0.25, 0.3) is 0 Å². The monoisotopic (exact) mass is 246 g/mol. The van der Waals surface area contributed by atoms with E-state index < -0.39 is 0 Å². The third kappa shape index (κ3) is 3.33. The summed E-state index contributed by atoms with van der Waals surface area (Å²) in [7, 11) is 0. The molecule has 0 bridgehead atoms. The van der Waals surface area contributed by atoms with Crippen LogP contribution in [-0.2, 0) is 6.42 Å². The van der Waals surface area contributed by atoms with Gasteiger partial charge in [0, 0.05) is 24.7 Å². The highest BCUT2D eigenvalue weighted by molar-refractivity contribution is 5.15. The van der Waals surface area contributed by atoms with E-state index in [-0.39, 0.29) is 0 Å². The van der Waals surface area contributed by atoms with E-state index in [1.807, 2.05) is 0 Å². The average Bonchev–Trinajstić information content (AvgIpc) is 2.47. The highest BCUT2D eigenvalue weighted by Gasteiger charge is 2.31. The van der Waals surface area contributed by atoms with Gasteiger partial charge < -0.3 is 5.32 Å². The average molecular weight is 246 g/mol. The molecule has 2 nitrogen and oxygen atoms in total. The molecule has 1 N–H and O–H groups in total. The second-order valence-electron chi connectivity index (χ2n) is 6.04. The molecular formula is C16H26N2. The molecule has 1 unspecified atom stereocenters. The van der Waals surface area contributed by atoms with E-state index in [1.54, 1.807) is 0 Å². The molecule has 2 rings (SSSR count). The quantitative estimate of drug-likeness (QED) is 0.882. The molecule has 1 aromatic rings. The lowest BCUT2D eigenvalue weighted by Gasteiger charge is -2.40. The van der Waals surface area contributed by atoms with Crippen LogP contribution in [0.5, 0.6) is 0 Å². The minimum atomic E-state index is 0.303. The van der Waals surface area contributed by atoms with Crippen molar-refractivity contribution in [2.24, 2.45) is 0 Å². The lowest BCUT2D eigenvalue weighted by Crippen LogP contribution is -2.50. The smallest absolute Gasteiger partial charge is 0.0197 e. The molecule has 0 saturated carbocycles. The Morgan fingerprint density at radius 3 is 2.72 bits per heavy atom. The largest absolute Gasteiger partial charge is 0.315 e. The van der Waals surface area contributed by atoms with Gasteiger partial charge in [0.05, 0.1) is 0 Å². The van der Waals surface area contributed by atoms with Crippen molar-refractivity contribution in [3.63, 3.8) is 0 Å². The maximum absolute atomic E-state index is 3.54. The molecular weight excluding hydrogens is 220 g/mol. The fraction of sp³-hybridized carbons (Fsp3) is 0.625. The van der Waals surface area contributed by atoms with Gasteiger partial charge in [-0.25, -0.2) is 0 Å². The number of rotatable bonds is 3. The molecule has 1 heterocycles. The van der Waals surface area contributed by atoms with Crippen LogP contribution >= 0.6 is 0 Å². The van der Waals surface area contributed by atoms with E-state index in [9.17, 15) is 0 Å². The second kappa shape index (κ2) is 5.85. The molecule has 2 heteroatoms. The fourth-order valence-corrected chi connectivity index (χ4v) is 2.97. The van der Waals surface area contributed by atoms with E-state index in [4.69, 9.17) is 0 Å². The zero-order valence-electron chi connectivity index (χ0n) is 11.9. The van der Waals surface area contributed by atoms with Gasteiger partial charge in [0.1, 0.15) is 0 Å². The second-order valence-corrected chi connectivity index (χ2v) is 6.04. The summed E-state index contributed by atoms with van der Waals surface area (Å²) in [5.74, 6) is 0. The Morgan fingerprint density at radius 1 is 1.28 bits per heavy atom. The lowest BCUT2D eigenvalue weighted by atomic mass is 9.96. The topological polar surface area (TPSA) is 15.3 Å². The van der Waals surface area contributed by atoms with Crippen molar-refractivity contribution in [3.8, 4) is 0 Å². The first kappa shape index (κ1) is 13.6. The third-order valence-electron chi connectivity index (χ3n) is 4.15. The van der Waals surface area contributed by atoms with Crippen LogP contribution in [0.2, 0.25) is 0 Å². The summed E-state index contributed by atoms with van der Waals surface area (Å²) in [6.45, 7) is 10.5. The molecule has 0 amide bonds. The van der Waals surface area contributed by atoms with Crippen molar-refractivity contribution in [2.75, 3.05) is 19.6 Å². The molecule has 0 radical (unpaired) electrons. The summed E-state index contributed by atoms with van der Waals surface area (Å²) >= 11 is 0. The molecule has 18 heavy (non-hydrogen) atoms. The van der Waals surface area contributed by atoms with Gasteiger partial charge in [-0.05, 0) is 45.7 Å². The van der Waals surface area contributed by atoms with Gasteiger partial charge in [0.25, 0.3) is 0 Å². The molecule has 1 atom stereocenters. The van der Waals surface area contributed by atoms with Crippen LogP contribution in [0.15, 0.2) is 30.3 Å². The maximum atomic E-state index is 3.54. The normalized spacial score (nSPS) is 24.7. The molecule has 1 aliphatic heterocycles. The first-order chi connectivity index (χ1) is 8.59. The summed E-state index contributed by atoms with van der Waals surface area (Å²) in [5, 5.41) is 3.54. The molecule has 1 aliphatic rings. The van der Waals surface area contributed by atoms with Crippen LogP contribution in [-0.4, -0.2) is 36.1 Å². The minimum Gasteiger partial charge on any atom is -0.315 e. The molecule has 0 spiro atoms. The molecule has 0 aliphatic carbocycles. The van der Waals surface area contributed by atoms with Gasteiger partial charge >= 0.3 is 0 Å². The van der Waals surface area contributed by atoms with Crippen molar-refractivity contribution in [3.05, 3.63) is 35.9 Å². The Labute approximate surface area is 111 Å². The minimum absolute atomic E-state index is 0.303. The molecule has 1 fully saturated rings. The fourth-order valence-electron chi connectivity index (χ4n) is 2.97. The first-order valence-electron chi connectivity index (χ1n) is 7.11. The Morgan fingerprint density at radius 2 is 2.00 bits per heavy atom. The predicted octanol–water partition coefficient (Wildman–Crippen LogP) is 2.69. The summed E-state index contributed by atoms with van der Waals surface area (Å²) in [4.78, 5) is 2.67. The Kier molecular flexibility index (Phi) is 4.41. The summed E-state index contributed by atoms with van der Waals surface area (Å²) < 4.78 is 0. The Balaban J connectivity index is 2.01. The lowest BCUT2D eigenvalue weighted by molar-refractivity contribution is 0.0873. The van der Waals surface area contributed by atoms with Gasteiger partial charge in [-0.2, -0.15) is 0 Å². The summed E-state index contributed by atoms with van der Waals surface area (Å²) in [5.41, 5.74) is 1.75. The van der Waals surface area contributed by atoms with Crippen molar-refractivity contribution < 1.29 is 0 Å². The van der Waals surface area contributed by atoms with Gasteiger partial charge in [-0.3, -0.25) is 4.90 Å². The maximum Gasteiger partial charge on any atom is 0.0197 e. The van der Waals surface area contributed by atoms with Gasteiger partial charge in [-0.15, -0.1) is 0 Å². The third-order valence-corrected chi connectivity index (χ3v) is 4.15. The zero-order chi connectivity index (χ0) is 13.0. The first-order valence-corrected chi connectivity index (χ1v) is 7.11. The number of hydrogen-bond acceptors (Lipinski definition) is 2. The summed E-state index contributed by atoms with van der Waals surface area (Å²) in [6, 6.07) is 11.4. The van der Waals surface area contributed by atoms with E-state index in [1.165, 1.54) is 12.0 Å². The summed E-state index contributed by atoms with van der Waals surface area (Å²) in [6.07, 6.45) is 2.38. The SMILES string of the molecule is CC1CNCCC(C)(C)N1CCc1ccccc1. The molecule has 100 valence electrons. The number of benzene rings is 1. The molecule has 1 saturated heterocycles. The van der Waals surface area contributed by atoms with Gasteiger partial charge in [0.15, 0.2) is 0 Å². The molecule has 1 aromatic carbocycles. The van der Waals surface area contributed by atoms with Crippen molar-refractivity contribution in [1.29, 1.82) is 0 Å². The van der Waals surface area contributed by atoms with Crippen LogP contribution in [0.3, 0.4) is 0 Å². The number of hydrogen-bond donors (Lipinski definition) is 1. The van der Waals surface area contributed by atoms with E-state index >= 15 is 0 Å². The van der Waals surface area contributed by atoms with Gasteiger partial charge in [-0.1, -0.05) is 30.3 Å². The van der Waals surface area contributed by atoms with Crippen LogP contribution < -0.4 is 5.32 Å². The van der Waals surface area contributed by atoms with Crippen molar-refractivity contribution in [1.82, 2.24) is 10.2 Å². The Hall–Kier alpha value is -0.860. The van der Waals surface area contributed by atoms with Crippen LogP contribution in [0.1, 0.15) is 32.8 Å². The highest BCUT2D eigenvalue weighted by atomic mass is 15.2. The predicted molar refractivity (Wildman–Crippen MR) is 77.9 cm³/mol. The van der Waals surface area contributed by atoms with Crippen molar-refractivity contribution in [2.45, 2.75) is 45.2 Å². The van der Waals surface area contributed by atoms with E-state index in [0.717, 1.165) is 26.1 Å². The van der Waals surface area contributed by atoms with E-state index in [2.05, 4.69) is 61.3 Å². The van der Waals surface area contributed by atoms with Crippen LogP contribution in [0, 0.1) is 0 Å². The number of nitrogens with zero attached hydrogens (tertiary/aromatic N) is 1. The standard InChI is InChI=1S/C16H26N2/c1-14-13-17-11-10-16(2,3)18(14)12-9-15-7-5-4-6-8-15/h4-8,14,17H,9-13H2,1-3H3. The van der Waals surface area contributed by atoms with Gasteiger partial charge in [0.2, 0.25) is 0 Å². The van der Waals surface area contributed by atoms with Crippen molar-refractivity contribution >= 4 is 0 Å². The van der Waals surface area contributed by atoms with Crippen LogP contribution in [0.4, 0.5) is 0 Å². The highest BCUT2D eigenvalue weighted by Crippen LogP contribution is 2.23. The Bertz CT molecular complexity index is 359. The zero-order valence-corrected chi connectivity index (χ0v) is 11.9. The number of nitrogens with one attached hydrogen (secondary N) is 1.